The van der Waals surface area contributed by atoms with Gasteiger partial charge in [0.05, 0.1) is 0 Å². The molecule has 1 amide bonds. The molecule has 2 saturated heterocycles. The summed E-state index contributed by atoms with van der Waals surface area (Å²) in [6.07, 6.45) is 4.65. The number of rotatable bonds is 6. The van der Waals surface area contributed by atoms with Crippen molar-refractivity contribution in [1.82, 2.24) is 10.2 Å². The number of thioether (sulfide) groups is 1. The van der Waals surface area contributed by atoms with Gasteiger partial charge in [0.25, 0.3) is 5.91 Å². The van der Waals surface area contributed by atoms with Crippen molar-refractivity contribution in [3.8, 4) is 0 Å². The second kappa shape index (κ2) is 8.88. The van der Waals surface area contributed by atoms with Crippen LogP contribution in [0.4, 0.5) is 0 Å². The van der Waals surface area contributed by atoms with Crippen molar-refractivity contribution in [1.29, 1.82) is 0 Å². The van der Waals surface area contributed by atoms with Gasteiger partial charge in [-0.05, 0) is 68.1 Å². The standard InChI is InChI=1S/C19H28N2O2S/c22-14-16-7-9-21(10-8-16)13-15-3-5-17(6-4-15)19(23)20-12-18-2-1-11-24-18/h3-6,16,18,22H,1-2,7-14H2,(H,20,23). The normalized spacial score (nSPS) is 22.6. The number of benzene rings is 1. The molecule has 0 aliphatic carbocycles. The third kappa shape index (κ3) is 4.98. The molecular weight excluding hydrogens is 320 g/mol. The summed E-state index contributed by atoms with van der Waals surface area (Å²) in [5.74, 6) is 1.74. The van der Waals surface area contributed by atoms with E-state index in [4.69, 9.17) is 0 Å². The zero-order chi connectivity index (χ0) is 16.8. The Morgan fingerprint density at radius 3 is 2.58 bits per heavy atom. The van der Waals surface area contributed by atoms with E-state index >= 15 is 0 Å². The summed E-state index contributed by atoms with van der Waals surface area (Å²) in [7, 11) is 0. The highest BCUT2D eigenvalue weighted by atomic mass is 32.2. The molecule has 0 saturated carbocycles. The van der Waals surface area contributed by atoms with Crippen LogP contribution < -0.4 is 5.32 Å². The molecule has 132 valence electrons. The van der Waals surface area contributed by atoms with Crippen LogP contribution in [0.25, 0.3) is 0 Å². The Labute approximate surface area is 149 Å². The van der Waals surface area contributed by atoms with Gasteiger partial charge in [0.2, 0.25) is 0 Å². The molecule has 2 heterocycles. The van der Waals surface area contributed by atoms with E-state index in [1.54, 1.807) is 0 Å². The summed E-state index contributed by atoms with van der Waals surface area (Å²) in [5, 5.41) is 12.9. The molecule has 1 aromatic rings. The minimum Gasteiger partial charge on any atom is -0.396 e. The van der Waals surface area contributed by atoms with Gasteiger partial charge in [0.15, 0.2) is 0 Å². The zero-order valence-electron chi connectivity index (χ0n) is 14.2. The summed E-state index contributed by atoms with van der Waals surface area (Å²) in [6, 6.07) is 8.01. The first-order chi connectivity index (χ1) is 11.7. The smallest absolute Gasteiger partial charge is 0.251 e. The number of nitrogens with zero attached hydrogens (tertiary/aromatic N) is 1. The predicted octanol–water partition coefficient (Wildman–Crippen LogP) is 2.52. The van der Waals surface area contributed by atoms with Gasteiger partial charge in [-0.15, -0.1) is 0 Å². The maximum absolute atomic E-state index is 12.2. The van der Waals surface area contributed by atoms with E-state index in [1.807, 2.05) is 23.9 Å². The topological polar surface area (TPSA) is 52.6 Å². The summed E-state index contributed by atoms with van der Waals surface area (Å²) in [5.41, 5.74) is 2.00. The molecule has 4 nitrogen and oxygen atoms in total. The number of amides is 1. The number of hydrogen-bond donors (Lipinski definition) is 2. The second-order valence-corrected chi connectivity index (χ2v) is 8.35. The van der Waals surface area contributed by atoms with Gasteiger partial charge in [-0.25, -0.2) is 0 Å². The molecule has 2 N–H and O–H groups in total. The Morgan fingerprint density at radius 1 is 1.21 bits per heavy atom. The molecular formula is C19H28N2O2S. The molecule has 0 spiro atoms. The fourth-order valence-electron chi connectivity index (χ4n) is 3.46. The number of nitrogens with one attached hydrogen (secondary N) is 1. The van der Waals surface area contributed by atoms with Gasteiger partial charge in [0, 0.05) is 30.5 Å². The number of piperidine rings is 1. The summed E-state index contributed by atoms with van der Waals surface area (Å²) < 4.78 is 0. The van der Waals surface area contributed by atoms with E-state index in [9.17, 15) is 9.90 Å². The van der Waals surface area contributed by atoms with Crippen LogP contribution in [0, 0.1) is 5.92 Å². The van der Waals surface area contributed by atoms with Crippen LogP contribution in [0.5, 0.6) is 0 Å². The largest absolute Gasteiger partial charge is 0.396 e. The minimum absolute atomic E-state index is 0.0396. The van der Waals surface area contributed by atoms with Crippen molar-refractivity contribution < 1.29 is 9.90 Å². The van der Waals surface area contributed by atoms with Crippen LogP contribution in [-0.2, 0) is 6.54 Å². The first-order valence-electron chi connectivity index (χ1n) is 9.06. The van der Waals surface area contributed by atoms with Crippen molar-refractivity contribution in [3.63, 3.8) is 0 Å². The zero-order valence-corrected chi connectivity index (χ0v) is 15.1. The van der Waals surface area contributed by atoms with Gasteiger partial charge < -0.3 is 10.4 Å². The third-order valence-corrected chi connectivity index (χ3v) is 6.50. The van der Waals surface area contributed by atoms with E-state index in [0.29, 0.717) is 17.8 Å². The Hall–Kier alpha value is -1.04. The van der Waals surface area contributed by atoms with Crippen LogP contribution in [0.1, 0.15) is 41.6 Å². The maximum atomic E-state index is 12.2. The van der Waals surface area contributed by atoms with Crippen LogP contribution in [0.15, 0.2) is 24.3 Å². The predicted molar refractivity (Wildman–Crippen MR) is 99.3 cm³/mol. The Balaban J connectivity index is 1.45. The Kier molecular flexibility index (Phi) is 6.58. The molecule has 1 unspecified atom stereocenters. The van der Waals surface area contributed by atoms with Crippen molar-refractivity contribution in [2.45, 2.75) is 37.5 Å². The highest BCUT2D eigenvalue weighted by Gasteiger charge is 2.19. The van der Waals surface area contributed by atoms with E-state index in [2.05, 4.69) is 22.3 Å². The number of aliphatic hydroxyl groups excluding tert-OH is 1. The van der Waals surface area contributed by atoms with Crippen LogP contribution in [0.3, 0.4) is 0 Å². The van der Waals surface area contributed by atoms with Crippen molar-refractivity contribution in [2.24, 2.45) is 5.92 Å². The van der Waals surface area contributed by atoms with Crippen molar-refractivity contribution in [3.05, 3.63) is 35.4 Å². The lowest BCUT2D eigenvalue weighted by atomic mass is 9.97. The summed E-state index contributed by atoms with van der Waals surface area (Å²) >= 11 is 1.97. The average molecular weight is 349 g/mol. The minimum atomic E-state index is 0.0396. The van der Waals surface area contributed by atoms with Crippen LogP contribution >= 0.6 is 11.8 Å². The lowest BCUT2D eigenvalue weighted by Gasteiger charge is -2.31. The second-order valence-electron chi connectivity index (χ2n) is 6.94. The molecule has 24 heavy (non-hydrogen) atoms. The molecule has 1 aromatic carbocycles. The Morgan fingerprint density at radius 2 is 1.96 bits per heavy atom. The highest BCUT2D eigenvalue weighted by molar-refractivity contribution is 8.00. The monoisotopic (exact) mass is 348 g/mol. The number of carbonyl (C=O) groups excluding carboxylic acids is 1. The highest BCUT2D eigenvalue weighted by Crippen LogP contribution is 2.25. The molecule has 2 aliphatic rings. The SMILES string of the molecule is O=C(NCC1CCCS1)c1ccc(CN2CCC(CO)CC2)cc1. The average Bonchev–Trinajstić information content (AvgIpc) is 3.14. The molecule has 2 aliphatic heterocycles. The Bertz CT molecular complexity index is 521. The van der Waals surface area contributed by atoms with Crippen LogP contribution in [0.2, 0.25) is 0 Å². The number of carbonyl (C=O) groups is 1. The third-order valence-electron chi connectivity index (χ3n) is 5.10. The molecule has 3 rings (SSSR count). The van der Waals surface area contributed by atoms with Crippen molar-refractivity contribution in [2.75, 3.05) is 32.0 Å². The maximum Gasteiger partial charge on any atom is 0.251 e. The van der Waals surface area contributed by atoms with E-state index in [0.717, 1.165) is 44.6 Å². The van der Waals surface area contributed by atoms with Gasteiger partial charge in [-0.2, -0.15) is 11.8 Å². The van der Waals surface area contributed by atoms with Gasteiger partial charge in [-0.1, -0.05) is 12.1 Å². The fourth-order valence-corrected chi connectivity index (χ4v) is 4.66. The molecule has 0 bridgehead atoms. The number of aliphatic hydroxyl groups is 1. The van der Waals surface area contributed by atoms with E-state index in [1.165, 1.54) is 24.2 Å². The number of hydrogen-bond acceptors (Lipinski definition) is 4. The molecule has 0 radical (unpaired) electrons. The number of likely N-dealkylation sites (tertiary alicyclic amines) is 1. The molecule has 1 atom stereocenters. The van der Waals surface area contributed by atoms with Gasteiger partial charge in [0.1, 0.15) is 0 Å². The van der Waals surface area contributed by atoms with Crippen LogP contribution in [-0.4, -0.2) is 53.2 Å². The quantitative estimate of drug-likeness (QED) is 0.829. The summed E-state index contributed by atoms with van der Waals surface area (Å²) in [4.78, 5) is 14.6. The molecule has 2 fully saturated rings. The van der Waals surface area contributed by atoms with Gasteiger partial charge in [-0.3, -0.25) is 9.69 Å². The van der Waals surface area contributed by atoms with E-state index in [-0.39, 0.29) is 5.91 Å². The first-order valence-corrected chi connectivity index (χ1v) is 10.1. The summed E-state index contributed by atoms with van der Waals surface area (Å²) in [6.45, 7) is 4.12. The fraction of sp³-hybridized carbons (Fsp3) is 0.632. The van der Waals surface area contributed by atoms with Crippen molar-refractivity contribution >= 4 is 17.7 Å². The van der Waals surface area contributed by atoms with E-state index < -0.39 is 0 Å². The lowest BCUT2D eigenvalue weighted by molar-refractivity contribution is 0.0953. The first kappa shape index (κ1) is 17.8. The lowest BCUT2D eigenvalue weighted by Crippen LogP contribution is -2.34. The van der Waals surface area contributed by atoms with Gasteiger partial charge >= 0.3 is 0 Å². The molecule has 0 aromatic heterocycles. The molecule has 5 heteroatoms.